The van der Waals surface area contributed by atoms with E-state index in [9.17, 15) is 4.79 Å². The van der Waals surface area contributed by atoms with Gasteiger partial charge in [0.2, 0.25) is 0 Å². The summed E-state index contributed by atoms with van der Waals surface area (Å²) in [5, 5.41) is 10.8. The molecule has 26 heavy (non-hydrogen) atoms. The summed E-state index contributed by atoms with van der Waals surface area (Å²) in [6, 6.07) is 0. The lowest BCUT2D eigenvalue weighted by Crippen LogP contribution is -2.34. The largest absolute Gasteiger partial charge is 0.369 e. The van der Waals surface area contributed by atoms with E-state index in [1.807, 2.05) is 4.90 Å². The molecular formula is C19H26N6O. The molecule has 0 aromatic carbocycles. The van der Waals surface area contributed by atoms with Gasteiger partial charge in [-0.05, 0) is 31.6 Å². The Bertz CT molecular complexity index is 812. The maximum absolute atomic E-state index is 13.0. The van der Waals surface area contributed by atoms with Crippen LogP contribution in [0.4, 0.5) is 5.82 Å². The second-order valence-corrected chi connectivity index (χ2v) is 7.60. The van der Waals surface area contributed by atoms with E-state index in [2.05, 4.69) is 39.3 Å². The molecule has 2 aromatic rings. The van der Waals surface area contributed by atoms with Crippen LogP contribution in [0.2, 0.25) is 0 Å². The molecule has 7 heteroatoms. The first kappa shape index (κ1) is 17.0. The van der Waals surface area contributed by atoms with E-state index in [0.717, 1.165) is 67.0 Å². The maximum Gasteiger partial charge on any atom is 0.274 e. The molecule has 1 aliphatic heterocycles. The van der Waals surface area contributed by atoms with Crippen LogP contribution in [0, 0.1) is 5.92 Å². The second kappa shape index (κ2) is 7.05. The van der Waals surface area contributed by atoms with Gasteiger partial charge in [0.1, 0.15) is 12.1 Å². The van der Waals surface area contributed by atoms with Gasteiger partial charge < -0.3 is 10.2 Å². The SMILES string of the molecule is CC(C)CNc1ncnc2c1CCN(C(=O)c1n[nH]c3c1CCC3)CC2. The van der Waals surface area contributed by atoms with Crippen LogP contribution >= 0.6 is 0 Å². The van der Waals surface area contributed by atoms with Crippen molar-refractivity contribution in [2.45, 2.75) is 46.0 Å². The van der Waals surface area contributed by atoms with Gasteiger partial charge in [0.15, 0.2) is 5.69 Å². The lowest BCUT2D eigenvalue weighted by atomic mass is 10.1. The van der Waals surface area contributed by atoms with Gasteiger partial charge in [0.25, 0.3) is 5.91 Å². The molecule has 1 aliphatic carbocycles. The average Bonchev–Trinajstić information content (AvgIpc) is 3.17. The third-order valence-electron chi connectivity index (χ3n) is 5.26. The predicted octanol–water partition coefficient (Wildman–Crippen LogP) is 2.00. The third-order valence-corrected chi connectivity index (χ3v) is 5.26. The summed E-state index contributed by atoms with van der Waals surface area (Å²) in [6.07, 6.45) is 6.22. The number of anilines is 1. The fraction of sp³-hybridized carbons (Fsp3) is 0.579. The molecule has 2 aromatic heterocycles. The molecule has 7 nitrogen and oxygen atoms in total. The van der Waals surface area contributed by atoms with Crippen LogP contribution in [0.5, 0.6) is 0 Å². The molecule has 0 spiro atoms. The number of aromatic amines is 1. The van der Waals surface area contributed by atoms with Gasteiger partial charge in [-0.3, -0.25) is 9.89 Å². The molecule has 0 saturated carbocycles. The molecule has 2 aliphatic rings. The van der Waals surface area contributed by atoms with Crippen molar-refractivity contribution >= 4 is 11.7 Å². The number of nitrogens with one attached hydrogen (secondary N) is 2. The van der Waals surface area contributed by atoms with Crippen LogP contribution in [-0.2, 0) is 25.7 Å². The Morgan fingerprint density at radius 2 is 2.04 bits per heavy atom. The molecule has 0 atom stereocenters. The molecule has 0 saturated heterocycles. The van der Waals surface area contributed by atoms with Crippen LogP contribution in [0.25, 0.3) is 0 Å². The summed E-state index contributed by atoms with van der Waals surface area (Å²) >= 11 is 0. The number of fused-ring (bicyclic) bond motifs is 2. The Morgan fingerprint density at radius 3 is 2.88 bits per heavy atom. The summed E-state index contributed by atoms with van der Waals surface area (Å²) in [6.45, 7) is 6.59. The van der Waals surface area contributed by atoms with Crippen molar-refractivity contribution in [3.63, 3.8) is 0 Å². The Balaban J connectivity index is 1.51. The zero-order valence-corrected chi connectivity index (χ0v) is 15.5. The first-order valence-corrected chi connectivity index (χ1v) is 9.55. The summed E-state index contributed by atoms with van der Waals surface area (Å²) < 4.78 is 0. The van der Waals surface area contributed by atoms with E-state index in [1.165, 1.54) is 0 Å². The highest BCUT2D eigenvalue weighted by molar-refractivity contribution is 5.94. The summed E-state index contributed by atoms with van der Waals surface area (Å²) in [7, 11) is 0. The van der Waals surface area contributed by atoms with Crippen molar-refractivity contribution < 1.29 is 4.79 Å². The average molecular weight is 354 g/mol. The highest BCUT2D eigenvalue weighted by Gasteiger charge is 2.28. The molecule has 2 N–H and O–H groups in total. The van der Waals surface area contributed by atoms with Crippen molar-refractivity contribution in [2.24, 2.45) is 5.92 Å². The molecule has 1 amide bonds. The highest BCUT2D eigenvalue weighted by atomic mass is 16.2. The summed E-state index contributed by atoms with van der Waals surface area (Å²) in [4.78, 5) is 23.8. The summed E-state index contributed by atoms with van der Waals surface area (Å²) in [5.41, 5.74) is 5.07. The van der Waals surface area contributed by atoms with E-state index in [1.54, 1.807) is 6.33 Å². The number of hydrogen-bond donors (Lipinski definition) is 2. The fourth-order valence-corrected chi connectivity index (χ4v) is 3.83. The number of H-pyrrole nitrogens is 1. The topological polar surface area (TPSA) is 86.8 Å². The van der Waals surface area contributed by atoms with Gasteiger partial charge in [0.05, 0.1) is 5.69 Å². The molecular weight excluding hydrogens is 328 g/mol. The third kappa shape index (κ3) is 3.18. The smallest absolute Gasteiger partial charge is 0.274 e. The number of aromatic nitrogens is 4. The van der Waals surface area contributed by atoms with Gasteiger partial charge in [-0.1, -0.05) is 13.8 Å². The van der Waals surface area contributed by atoms with Crippen molar-refractivity contribution in [2.75, 3.05) is 25.0 Å². The molecule has 0 fully saturated rings. The molecule has 0 bridgehead atoms. The minimum absolute atomic E-state index is 0.0434. The molecule has 4 rings (SSSR count). The molecule has 0 unspecified atom stereocenters. The normalized spacial score (nSPS) is 16.3. The Morgan fingerprint density at radius 1 is 1.19 bits per heavy atom. The number of amides is 1. The maximum atomic E-state index is 13.0. The number of carbonyl (C=O) groups excluding carboxylic acids is 1. The second-order valence-electron chi connectivity index (χ2n) is 7.60. The van der Waals surface area contributed by atoms with Gasteiger partial charge in [-0.25, -0.2) is 9.97 Å². The van der Waals surface area contributed by atoms with E-state index in [4.69, 9.17) is 0 Å². The van der Waals surface area contributed by atoms with Gasteiger partial charge in [-0.2, -0.15) is 5.10 Å². The van der Waals surface area contributed by atoms with Crippen molar-refractivity contribution in [1.82, 2.24) is 25.1 Å². The monoisotopic (exact) mass is 354 g/mol. The zero-order chi connectivity index (χ0) is 18.1. The Kier molecular flexibility index (Phi) is 4.61. The number of nitrogens with zero attached hydrogens (tertiary/aromatic N) is 4. The van der Waals surface area contributed by atoms with Crippen molar-refractivity contribution in [1.29, 1.82) is 0 Å². The van der Waals surface area contributed by atoms with Crippen molar-refractivity contribution in [3.8, 4) is 0 Å². The van der Waals surface area contributed by atoms with E-state index < -0.39 is 0 Å². The number of hydrogen-bond acceptors (Lipinski definition) is 5. The van der Waals surface area contributed by atoms with Crippen molar-refractivity contribution in [3.05, 3.63) is 34.5 Å². The number of carbonyl (C=O) groups is 1. The first-order chi connectivity index (χ1) is 12.6. The fourth-order valence-electron chi connectivity index (χ4n) is 3.83. The quantitative estimate of drug-likeness (QED) is 0.877. The first-order valence-electron chi connectivity index (χ1n) is 9.55. The zero-order valence-electron chi connectivity index (χ0n) is 15.5. The number of aryl methyl sites for hydroxylation is 1. The van der Waals surface area contributed by atoms with Crippen LogP contribution in [-0.4, -0.2) is 50.6 Å². The van der Waals surface area contributed by atoms with Crippen LogP contribution < -0.4 is 5.32 Å². The van der Waals surface area contributed by atoms with Gasteiger partial charge in [-0.15, -0.1) is 0 Å². The predicted molar refractivity (Wildman–Crippen MR) is 99.3 cm³/mol. The van der Waals surface area contributed by atoms with E-state index in [0.29, 0.717) is 24.7 Å². The van der Waals surface area contributed by atoms with Crippen LogP contribution in [0.3, 0.4) is 0 Å². The number of rotatable bonds is 4. The van der Waals surface area contributed by atoms with E-state index >= 15 is 0 Å². The van der Waals surface area contributed by atoms with Gasteiger partial charge in [0, 0.05) is 42.9 Å². The highest BCUT2D eigenvalue weighted by Crippen LogP contribution is 2.25. The van der Waals surface area contributed by atoms with E-state index in [-0.39, 0.29) is 5.91 Å². The minimum atomic E-state index is 0.0434. The van der Waals surface area contributed by atoms with Gasteiger partial charge >= 0.3 is 0 Å². The molecule has 3 heterocycles. The lowest BCUT2D eigenvalue weighted by molar-refractivity contribution is 0.0756. The lowest BCUT2D eigenvalue weighted by Gasteiger charge is -2.19. The minimum Gasteiger partial charge on any atom is -0.369 e. The Hall–Kier alpha value is -2.44. The van der Waals surface area contributed by atoms with Crippen LogP contribution in [0.1, 0.15) is 53.3 Å². The standard InChI is InChI=1S/C19H26N6O/c1-12(2)10-20-18-14-6-8-25(9-7-15(14)21-11-22-18)19(26)17-13-4-3-5-16(13)23-24-17/h11-12H,3-10H2,1-2H3,(H,23,24)(H,20,21,22). The van der Waals surface area contributed by atoms with Crippen LogP contribution in [0.15, 0.2) is 6.33 Å². The Labute approximate surface area is 153 Å². The molecule has 0 radical (unpaired) electrons. The summed E-state index contributed by atoms with van der Waals surface area (Å²) in [5.74, 6) is 1.51. The molecule has 138 valence electrons.